The highest BCUT2D eigenvalue weighted by molar-refractivity contribution is 6.42. The lowest BCUT2D eigenvalue weighted by Gasteiger charge is -2.15. The van der Waals surface area contributed by atoms with E-state index in [1.54, 1.807) is 24.3 Å². The van der Waals surface area contributed by atoms with Gasteiger partial charge in [-0.2, -0.15) is 18.2 Å². The first-order valence-electron chi connectivity index (χ1n) is 8.40. The molecular formula is C19H15Cl2F3N4O. The number of alkyl halides is 3. The number of nitrogens with one attached hydrogen (secondary N) is 2. The minimum atomic E-state index is -4.61. The van der Waals surface area contributed by atoms with Crippen molar-refractivity contribution >= 4 is 40.7 Å². The zero-order chi connectivity index (χ0) is 21.0. The van der Waals surface area contributed by atoms with Gasteiger partial charge in [0.25, 0.3) is 0 Å². The molecular weight excluding hydrogens is 428 g/mol. The molecule has 3 N–H and O–H groups in total. The summed E-state index contributed by atoms with van der Waals surface area (Å²) >= 11 is 11.8. The van der Waals surface area contributed by atoms with Gasteiger partial charge in [0.15, 0.2) is 0 Å². The maximum Gasteiger partial charge on any atom is 0.421 e. The summed E-state index contributed by atoms with van der Waals surface area (Å²) in [7, 11) is 0. The molecule has 3 rings (SSSR count). The Kier molecular flexibility index (Phi) is 6.34. The molecule has 0 aliphatic rings. The second kappa shape index (κ2) is 8.75. The molecule has 0 fully saturated rings. The van der Waals surface area contributed by atoms with Crippen LogP contribution in [0.25, 0.3) is 0 Å². The van der Waals surface area contributed by atoms with Crippen LogP contribution < -0.4 is 10.6 Å². The summed E-state index contributed by atoms with van der Waals surface area (Å²) in [4.78, 5) is 7.71. The summed E-state index contributed by atoms with van der Waals surface area (Å²) in [6.07, 6.45) is -3.45. The van der Waals surface area contributed by atoms with Crippen molar-refractivity contribution in [2.75, 3.05) is 17.2 Å². The molecule has 0 amide bonds. The first-order chi connectivity index (χ1) is 13.7. The number of phenolic OH excluding ortho intramolecular Hbond substituents is 1. The summed E-state index contributed by atoms with van der Waals surface area (Å²) < 4.78 is 39.9. The monoisotopic (exact) mass is 442 g/mol. The Morgan fingerprint density at radius 3 is 2.38 bits per heavy atom. The van der Waals surface area contributed by atoms with Crippen molar-refractivity contribution in [2.24, 2.45) is 0 Å². The highest BCUT2D eigenvalue weighted by atomic mass is 35.5. The summed E-state index contributed by atoms with van der Waals surface area (Å²) in [6, 6.07) is 11.1. The number of aromatic hydroxyl groups is 1. The van der Waals surface area contributed by atoms with Crippen molar-refractivity contribution in [1.82, 2.24) is 9.97 Å². The van der Waals surface area contributed by atoms with Crippen molar-refractivity contribution in [2.45, 2.75) is 12.6 Å². The van der Waals surface area contributed by atoms with E-state index in [1.807, 2.05) is 0 Å². The van der Waals surface area contributed by atoms with E-state index in [1.165, 1.54) is 18.2 Å². The van der Waals surface area contributed by atoms with Gasteiger partial charge in [0.2, 0.25) is 5.95 Å². The number of nitrogens with zero attached hydrogens (tertiary/aromatic N) is 2. The molecule has 152 valence electrons. The second-order valence-corrected chi connectivity index (χ2v) is 6.87. The Labute approximate surface area is 174 Å². The molecule has 2 aromatic carbocycles. The van der Waals surface area contributed by atoms with Crippen LogP contribution in [0.15, 0.2) is 48.7 Å². The molecule has 0 aliphatic carbocycles. The molecule has 0 spiro atoms. The number of rotatable bonds is 6. The Morgan fingerprint density at radius 2 is 1.72 bits per heavy atom. The predicted octanol–water partition coefficient (Wildman–Crippen LogP) is 5.91. The molecule has 0 radical (unpaired) electrons. The number of halogens is 5. The first kappa shape index (κ1) is 21.0. The van der Waals surface area contributed by atoms with Gasteiger partial charge in [0, 0.05) is 18.4 Å². The Hall–Kier alpha value is -2.71. The molecule has 29 heavy (non-hydrogen) atoms. The maximum atomic E-state index is 13.3. The zero-order valence-corrected chi connectivity index (χ0v) is 16.3. The summed E-state index contributed by atoms with van der Waals surface area (Å²) in [5.74, 6) is -0.243. The van der Waals surface area contributed by atoms with Crippen LogP contribution in [-0.4, -0.2) is 21.6 Å². The molecule has 0 saturated heterocycles. The number of anilines is 3. The molecule has 10 heteroatoms. The highest BCUT2D eigenvalue weighted by Crippen LogP contribution is 2.34. The topological polar surface area (TPSA) is 70.1 Å². The van der Waals surface area contributed by atoms with Crippen molar-refractivity contribution in [3.63, 3.8) is 0 Å². The van der Waals surface area contributed by atoms with E-state index < -0.39 is 11.7 Å². The average molecular weight is 443 g/mol. The van der Waals surface area contributed by atoms with E-state index >= 15 is 0 Å². The lowest BCUT2D eigenvalue weighted by molar-refractivity contribution is -0.137. The van der Waals surface area contributed by atoms with E-state index in [4.69, 9.17) is 23.2 Å². The Bertz CT molecular complexity index is 998. The number of hydrogen-bond donors (Lipinski definition) is 3. The lowest BCUT2D eigenvalue weighted by Crippen LogP contribution is -2.16. The number of benzene rings is 2. The van der Waals surface area contributed by atoms with Gasteiger partial charge in [0.1, 0.15) is 17.1 Å². The molecule has 0 bridgehead atoms. The van der Waals surface area contributed by atoms with Crippen LogP contribution in [0.5, 0.6) is 5.75 Å². The van der Waals surface area contributed by atoms with Crippen LogP contribution in [-0.2, 0) is 12.6 Å². The van der Waals surface area contributed by atoms with E-state index in [2.05, 4.69) is 20.6 Å². The minimum absolute atomic E-state index is 0.0245. The molecule has 1 aromatic heterocycles. The van der Waals surface area contributed by atoms with Crippen molar-refractivity contribution < 1.29 is 18.3 Å². The number of phenols is 1. The number of aromatic nitrogens is 2. The fourth-order valence-electron chi connectivity index (χ4n) is 2.48. The van der Waals surface area contributed by atoms with E-state index in [0.29, 0.717) is 17.1 Å². The smallest absolute Gasteiger partial charge is 0.421 e. The van der Waals surface area contributed by atoms with Gasteiger partial charge >= 0.3 is 6.18 Å². The fraction of sp³-hybridized carbons (Fsp3) is 0.158. The van der Waals surface area contributed by atoms with Gasteiger partial charge in [0.05, 0.1) is 10.0 Å². The minimum Gasteiger partial charge on any atom is -0.508 e. The number of hydrogen-bond acceptors (Lipinski definition) is 5. The fourth-order valence-corrected chi connectivity index (χ4v) is 2.77. The van der Waals surface area contributed by atoms with Crippen molar-refractivity contribution in [3.05, 3.63) is 69.8 Å². The Balaban J connectivity index is 1.77. The first-order valence-corrected chi connectivity index (χ1v) is 9.16. The van der Waals surface area contributed by atoms with Crippen LogP contribution in [0.3, 0.4) is 0 Å². The Morgan fingerprint density at radius 1 is 1.00 bits per heavy atom. The second-order valence-electron chi connectivity index (χ2n) is 6.05. The van der Waals surface area contributed by atoms with E-state index in [-0.39, 0.29) is 29.1 Å². The summed E-state index contributed by atoms with van der Waals surface area (Å²) in [6.45, 7) is 0.205. The van der Waals surface area contributed by atoms with Crippen LogP contribution in [0.4, 0.5) is 30.6 Å². The van der Waals surface area contributed by atoms with Gasteiger partial charge < -0.3 is 15.7 Å². The van der Waals surface area contributed by atoms with E-state index in [0.717, 1.165) is 11.8 Å². The zero-order valence-electron chi connectivity index (χ0n) is 14.8. The van der Waals surface area contributed by atoms with Gasteiger partial charge in [-0.3, -0.25) is 0 Å². The van der Waals surface area contributed by atoms with Crippen LogP contribution in [0.2, 0.25) is 10.0 Å². The summed E-state index contributed by atoms with van der Waals surface area (Å²) in [5.41, 5.74) is 0.365. The molecule has 0 saturated carbocycles. The van der Waals surface area contributed by atoms with Crippen molar-refractivity contribution in [1.29, 1.82) is 0 Å². The van der Waals surface area contributed by atoms with Crippen LogP contribution in [0, 0.1) is 0 Å². The van der Waals surface area contributed by atoms with E-state index in [9.17, 15) is 18.3 Å². The molecule has 0 unspecified atom stereocenters. The van der Waals surface area contributed by atoms with Gasteiger partial charge in [-0.05, 0) is 42.3 Å². The quantitative estimate of drug-likeness (QED) is 0.442. The third kappa shape index (κ3) is 5.65. The largest absolute Gasteiger partial charge is 0.508 e. The molecule has 5 nitrogen and oxygen atoms in total. The summed E-state index contributed by atoms with van der Waals surface area (Å²) in [5, 5.41) is 15.4. The molecule has 0 aliphatic heterocycles. The van der Waals surface area contributed by atoms with Crippen LogP contribution in [0.1, 0.15) is 11.1 Å². The van der Waals surface area contributed by atoms with Crippen LogP contribution >= 0.6 is 23.2 Å². The van der Waals surface area contributed by atoms with Gasteiger partial charge in [-0.25, -0.2) is 4.98 Å². The molecule has 3 aromatic rings. The average Bonchev–Trinajstić information content (AvgIpc) is 2.66. The third-order valence-corrected chi connectivity index (χ3v) is 4.65. The van der Waals surface area contributed by atoms with Gasteiger partial charge in [-0.1, -0.05) is 35.3 Å². The standard InChI is InChI=1S/C19H15Cl2F3N4O/c20-15-6-3-12(9-16(15)21)27-18-26-10-14(19(22,23)24)17(28-18)25-8-7-11-1-4-13(29)5-2-11/h1-6,9-10,29H,7-8H2,(H2,25,26,27,28). The third-order valence-electron chi connectivity index (χ3n) is 3.91. The normalized spacial score (nSPS) is 11.3. The van der Waals surface area contributed by atoms with Crippen molar-refractivity contribution in [3.8, 4) is 5.75 Å². The molecule has 0 atom stereocenters. The SMILES string of the molecule is Oc1ccc(CCNc2nc(Nc3ccc(Cl)c(Cl)c3)ncc2C(F)(F)F)cc1. The van der Waals surface area contributed by atoms with Gasteiger partial charge in [-0.15, -0.1) is 0 Å². The predicted molar refractivity (Wildman–Crippen MR) is 107 cm³/mol. The molecule has 1 heterocycles. The maximum absolute atomic E-state index is 13.3. The highest BCUT2D eigenvalue weighted by Gasteiger charge is 2.35. The lowest BCUT2D eigenvalue weighted by atomic mass is 10.1.